The molecule has 0 aliphatic heterocycles. The molecule has 1 nitrogen and oxygen atoms in total. The molecule has 1 aromatic rings. The average molecular weight is 202 g/mol. The lowest BCUT2D eigenvalue weighted by Gasteiger charge is -2.13. The second-order valence-corrected chi connectivity index (χ2v) is 3.38. The summed E-state index contributed by atoms with van der Waals surface area (Å²) in [6.45, 7) is 4.74. The molecule has 0 aromatic heterocycles. The summed E-state index contributed by atoms with van der Waals surface area (Å²) in [4.78, 5) is 0. The molecule has 0 bridgehead atoms. The molecule has 1 aromatic carbocycles. The van der Waals surface area contributed by atoms with Crippen LogP contribution in [0.4, 0.5) is 4.39 Å². The van der Waals surface area contributed by atoms with Crippen LogP contribution in [0.25, 0.3) is 0 Å². The Balaban J connectivity index is 2.88. The van der Waals surface area contributed by atoms with Crippen LogP contribution >= 0.6 is 11.6 Å². The molecular formula is C10H13ClFN. The molecule has 0 radical (unpaired) electrons. The van der Waals surface area contributed by atoms with E-state index in [9.17, 15) is 4.39 Å². The Kier molecular flexibility index (Phi) is 3.70. The van der Waals surface area contributed by atoms with Gasteiger partial charge in [-0.05, 0) is 25.6 Å². The lowest BCUT2D eigenvalue weighted by molar-refractivity contribution is 0.541. The van der Waals surface area contributed by atoms with E-state index >= 15 is 0 Å². The molecule has 72 valence electrons. The maximum atomic E-state index is 13.3. The lowest BCUT2D eigenvalue weighted by Crippen LogP contribution is -2.18. The first-order valence-electron chi connectivity index (χ1n) is 4.33. The fourth-order valence-electron chi connectivity index (χ4n) is 1.27. The SMILES string of the molecule is CCNC(C)c1ccc(Cl)cc1F. The Morgan fingerprint density at radius 3 is 2.77 bits per heavy atom. The first-order chi connectivity index (χ1) is 6.15. The monoisotopic (exact) mass is 201 g/mol. The molecule has 1 rings (SSSR count). The number of rotatable bonds is 3. The Bertz CT molecular complexity index is 288. The van der Waals surface area contributed by atoms with E-state index in [4.69, 9.17) is 11.6 Å². The van der Waals surface area contributed by atoms with Crippen LogP contribution < -0.4 is 5.32 Å². The molecule has 0 aliphatic rings. The van der Waals surface area contributed by atoms with Gasteiger partial charge in [0.2, 0.25) is 0 Å². The average Bonchev–Trinajstić information content (AvgIpc) is 2.04. The third-order valence-electron chi connectivity index (χ3n) is 1.94. The maximum Gasteiger partial charge on any atom is 0.129 e. The van der Waals surface area contributed by atoms with Crippen LogP contribution in [0, 0.1) is 5.82 Å². The van der Waals surface area contributed by atoms with Gasteiger partial charge in [-0.15, -0.1) is 0 Å². The molecule has 0 saturated heterocycles. The fraction of sp³-hybridized carbons (Fsp3) is 0.400. The van der Waals surface area contributed by atoms with Crippen molar-refractivity contribution in [3.05, 3.63) is 34.6 Å². The normalized spacial score (nSPS) is 12.9. The second-order valence-electron chi connectivity index (χ2n) is 2.95. The van der Waals surface area contributed by atoms with E-state index in [1.54, 1.807) is 12.1 Å². The molecule has 0 saturated carbocycles. The minimum atomic E-state index is -0.249. The highest BCUT2D eigenvalue weighted by Gasteiger charge is 2.09. The number of nitrogens with one attached hydrogen (secondary N) is 1. The summed E-state index contributed by atoms with van der Waals surface area (Å²) in [5.41, 5.74) is 0.659. The van der Waals surface area contributed by atoms with Crippen molar-refractivity contribution in [3.8, 4) is 0 Å². The Labute approximate surface area is 82.9 Å². The van der Waals surface area contributed by atoms with E-state index in [1.807, 2.05) is 13.8 Å². The van der Waals surface area contributed by atoms with Gasteiger partial charge in [0.15, 0.2) is 0 Å². The van der Waals surface area contributed by atoms with Gasteiger partial charge in [0, 0.05) is 16.6 Å². The molecular weight excluding hydrogens is 189 g/mol. The zero-order chi connectivity index (χ0) is 9.84. The van der Waals surface area contributed by atoms with Gasteiger partial charge in [-0.3, -0.25) is 0 Å². The van der Waals surface area contributed by atoms with Crippen molar-refractivity contribution in [2.75, 3.05) is 6.54 Å². The summed E-state index contributed by atoms with van der Waals surface area (Å²) in [5, 5.41) is 3.57. The predicted molar refractivity (Wildman–Crippen MR) is 53.5 cm³/mol. The third kappa shape index (κ3) is 2.68. The van der Waals surface area contributed by atoms with E-state index < -0.39 is 0 Å². The molecule has 0 amide bonds. The van der Waals surface area contributed by atoms with Crippen LogP contribution in [0.5, 0.6) is 0 Å². The van der Waals surface area contributed by atoms with Crippen LogP contribution in [-0.4, -0.2) is 6.54 Å². The summed E-state index contributed by atoms with van der Waals surface area (Å²) in [6, 6.07) is 4.78. The van der Waals surface area contributed by atoms with E-state index in [0.29, 0.717) is 10.6 Å². The second kappa shape index (κ2) is 4.58. The molecule has 1 unspecified atom stereocenters. The quantitative estimate of drug-likeness (QED) is 0.792. The van der Waals surface area contributed by atoms with E-state index in [-0.39, 0.29) is 11.9 Å². The first kappa shape index (κ1) is 10.5. The van der Waals surface area contributed by atoms with Gasteiger partial charge in [-0.2, -0.15) is 0 Å². The van der Waals surface area contributed by atoms with Gasteiger partial charge in [-0.1, -0.05) is 24.6 Å². The third-order valence-corrected chi connectivity index (χ3v) is 2.17. The van der Waals surface area contributed by atoms with Crippen molar-refractivity contribution < 1.29 is 4.39 Å². The highest BCUT2D eigenvalue weighted by molar-refractivity contribution is 6.30. The number of benzene rings is 1. The van der Waals surface area contributed by atoms with Gasteiger partial charge >= 0.3 is 0 Å². The van der Waals surface area contributed by atoms with Crippen molar-refractivity contribution in [1.82, 2.24) is 5.32 Å². The van der Waals surface area contributed by atoms with E-state index in [1.165, 1.54) is 6.07 Å². The minimum absolute atomic E-state index is 0.0299. The minimum Gasteiger partial charge on any atom is -0.310 e. The van der Waals surface area contributed by atoms with Crippen molar-refractivity contribution in [1.29, 1.82) is 0 Å². The number of halogens is 2. The van der Waals surface area contributed by atoms with Crippen LogP contribution in [0.2, 0.25) is 5.02 Å². The largest absolute Gasteiger partial charge is 0.310 e. The smallest absolute Gasteiger partial charge is 0.129 e. The summed E-state index contributed by atoms with van der Waals surface area (Å²) in [5.74, 6) is -0.249. The summed E-state index contributed by atoms with van der Waals surface area (Å²) in [7, 11) is 0. The van der Waals surface area contributed by atoms with Gasteiger partial charge in [-0.25, -0.2) is 4.39 Å². The van der Waals surface area contributed by atoms with Gasteiger partial charge in [0.25, 0.3) is 0 Å². The summed E-state index contributed by atoms with van der Waals surface area (Å²) in [6.07, 6.45) is 0. The highest BCUT2D eigenvalue weighted by Crippen LogP contribution is 2.20. The number of hydrogen-bond donors (Lipinski definition) is 1. The summed E-state index contributed by atoms with van der Waals surface area (Å²) >= 11 is 5.64. The molecule has 3 heteroatoms. The molecule has 0 spiro atoms. The summed E-state index contributed by atoms with van der Waals surface area (Å²) < 4.78 is 13.3. The fourth-order valence-corrected chi connectivity index (χ4v) is 1.43. The Morgan fingerprint density at radius 1 is 1.54 bits per heavy atom. The maximum absolute atomic E-state index is 13.3. The van der Waals surface area contributed by atoms with Crippen LogP contribution in [-0.2, 0) is 0 Å². The zero-order valence-electron chi connectivity index (χ0n) is 7.77. The first-order valence-corrected chi connectivity index (χ1v) is 4.71. The zero-order valence-corrected chi connectivity index (χ0v) is 8.53. The van der Waals surface area contributed by atoms with Crippen molar-refractivity contribution in [2.45, 2.75) is 19.9 Å². The van der Waals surface area contributed by atoms with Gasteiger partial charge in [0.1, 0.15) is 5.82 Å². The molecule has 0 fully saturated rings. The highest BCUT2D eigenvalue weighted by atomic mass is 35.5. The Morgan fingerprint density at radius 2 is 2.23 bits per heavy atom. The van der Waals surface area contributed by atoms with Crippen LogP contribution in [0.1, 0.15) is 25.5 Å². The number of hydrogen-bond acceptors (Lipinski definition) is 1. The molecule has 13 heavy (non-hydrogen) atoms. The lowest BCUT2D eigenvalue weighted by atomic mass is 10.1. The van der Waals surface area contributed by atoms with Gasteiger partial charge in [0.05, 0.1) is 0 Å². The van der Waals surface area contributed by atoms with E-state index in [0.717, 1.165) is 6.54 Å². The molecule has 0 aliphatic carbocycles. The molecule has 1 N–H and O–H groups in total. The topological polar surface area (TPSA) is 12.0 Å². The van der Waals surface area contributed by atoms with Crippen LogP contribution in [0.3, 0.4) is 0 Å². The molecule has 0 heterocycles. The Hall–Kier alpha value is -0.600. The van der Waals surface area contributed by atoms with E-state index in [2.05, 4.69) is 5.32 Å². The van der Waals surface area contributed by atoms with Crippen molar-refractivity contribution >= 4 is 11.6 Å². The van der Waals surface area contributed by atoms with Crippen molar-refractivity contribution in [2.24, 2.45) is 0 Å². The van der Waals surface area contributed by atoms with Gasteiger partial charge < -0.3 is 5.32 Å². The van der Waals surface area contributed by atoms with Crippen molar-refractivity contribution in [3.63, 3.8) is 0 Å². The van der Waals surface area contributed by atoms with Crippen LogP contribution in [0.15, 0.2) is 18.2 Å². The molecule has 1 atom stereocenters. The predicted octanol–water partition coefficient (Wildman–Crippen LogP) is 3.15. The standard InChI is InChI=1S/C10H13ClFN/c1-3-13-7(2)9-5-4-8(11)6-10(9)12/h4-7,13H,3H2,1-2H3.